The molecular formula is C25H17BCl3N. The molecule has 5 heteroatoms. The van der Waals surface area contributed by atoms with Crippen LogP contribution < -0.4 is 10.9 Å². The van der Waals surface area contributed by atoms with Crippen LogP contribution in [0, 0.1) is 0 Å². The van der Waals surface area contributed by atoms with Gasteiger partial charge in [0, 0.05) is 21.3 Å². The largest absolute Gasteiger partial charge is 0.257 e. The molecule has 0 saturated carbocycles. The third-order valence-electron chi connectivity index (χ3n) is 4.89. The lowest BCUT2D eigenvalue weighted by atomic mass is 9.35. The molecule has 0 N–H and O–H groups in total. The second-order valence-electron chi connectivity index (χ2n) is 6.90. The van der Waals surface area contributed by atoms with Crippen molar-refractivity contribution >= 4 is 64.0 Å². The highest BCUT2D eigenvalue weighted by atomic mass is 35.5. The molecule has 1 nitrogen and oxygen atoms in total. The molecule has 4 rings (SSSR count). The van der Waals surface area contributed by atoms with Crippen LogP contribution in [0.25, 0.3) is 11.5 Å². The van der Waals surface area contributed by atoms with Crippen molar-refractivity contribution < 1.29 is 0 Å². The van der Waals surface area contributed by atoms with Gasteiger partial charge in [-0.25, -0.2) is 0 Å². The highest BCUT2D eigenvalue weighted by Gasteiger charge is 2.25. The van der Waals surface area contributed by atoms with Crippen molar-refractivity contribution in [1.82, 2.24) is 4.98 Å². The minimum absolute atomic E-state index is 0.0392. The number of aromatic nitrogens is 1. The van der Waals surface area contributed by atoms with Crippen LogP contribution in [0.5, 0.6) is 0 Å². The highest BCUT2D eigenvalue weighted by molar-refractivity contribution is 7.00. The molecule has 0 amide bonds. The van der Waals surface area contributed by atoms with Gasteiger partial charge in [0.25, 0.3) is 0 Å². The van der Waals surface area contributed by atoms with E-state index in [4.69, 9.17) is 34.8 Å². The third kappa shape index (κ3) is 4.96. The topological polar surface area (TPSA) is 12.9 Å². The zero-order chi connectivity index (χ0) is 20.9. The average molecular weight is 449 g/mol. The zero-order valence-corrected chi connectivity index (χ0v) is 18.2. The Morgan fingerprint density at radius 2 is 1.13 bits per heavy atom. The molecule has 0 atom stereocenters. The maximum Gasteiger partial charge on any atom is 0.242 e. The fraction of sp³-hybridized carbons (Fsp3) is 0. The van der Waals surface area contributed by atoms with Gasteiger partial charge in [0.15, 0.2) is 0 Å². The SMILES string of the molecule is Clc1ccc(B(C(=Cc2ccccn2)c2ccc(Cl)cc2)c2ccc(Cl)cc2)cc1. The number of rotatable bonds is 5. The molecule has 0 bridgehead atoms. The Labute approximate surface area is 192 Å². The molecule has 0 aliphatic heterocycles. The van der Waals surface area contributed by atoms with E-state index >= 15 is 0 Å². The maximum atomic E-state index is 6.17. The summed E-state index contributed by atoms with van der Waals surface area (Å²) in [6.45, 7) is -0.0392. The van der Waals surface area contributed by atoms with Gasteiger partial charge < -0.3 is 0 Å². The summed E-state index contributed by atoms with van der Waals surface area (Å²) >= 11 is 18.5. The average Bonchev–Trinajstić information content (AvgIpc) is 2.77. The fourth-order valence-electron chi connectivity index (χ4n) is 3.46. The predicted octanol–water partition coefficient (Wildman–Crippen LogP) is 6.43. The Kier molecular flexibility index (Phi) is 6.59. The highest BCUT2D eigenvalue weighted by Crippen LogP contribution is 2.24. The van der Waals surface area contributed by atoms with Crippen LogP contribution in [0.3, 0.4) is 0 Å². The van der Waals surface area contributed by atoms with Gasteiger partial charge in [0.05, 0.1) is 5.69 Å². The molecule has 0 radical (unpaired) electrons. The van der Waals surface area contributed by atoms with E-state index in [-0.39, 0.29) is 6.71 Å². The number of hydrogen-bond acceptors (Lipinski definition) is 1. The Hall–Kier alpha value is -2.52. The molecule has 0 spiro atoms. The molecule has 4 aromatic rings. The Balaban J connectivity index is 1.94. The number of halogens is 3. The van der Waals surface area contributed by atoms with Gasteiger partial charge >= 0.3 is 0 Å². The molecular weight excluding hydrogens is 431 g/mol. The van der Waals surface area contributed by atoms with Crippen LogP contribution >= 0.6 is 34.8 Å². The molecule has 30 heavy (non-hydrogen) atoms. The summed E-state index contributed by atoms with van der Waals surface area (Å²) in [4.78, 5) is 4.51. The minimum Gasteiger partial charge on any atom is -0.257 e. The molecule has 1 aromatic heterocycles. The van der Waals surface area contributed by atoms with Gasteiger partial charge in [-0.3, -0.25) is 4.98 Å². The van der Waals surface area contributed by atoms with Crippen molar-refractivity contribution in [3.05, 3.63) is 124 Å². The van der Waals surface area contributed by atoms with E-state index < -0.39 is 0 Å². The first-order valence-electron chi connectivity index (χ1n) is 9.49. The lowest BCUT2D eigenvalue weighted by Crippen LogP contribution is -2.43. The number of pyridine rings is 1. The number of nitrogens with zero attached hydrogens (tertiary/aromatic N) is 1. The molecule has 146 valence electrons. The van der Waals surface area contributed by atoms with Crippen LogP contribution in [0.15, 0.2) is 97.2 Å². The predicted molar refractivity (Wildman–Crippen MR) is 131 cm³/mol. The maximum absolute atomic E-state index is 6.17. The van der Waals surface area contributed by atoms with Crippen molar-refractivity contribution in [2.45, 2.75) is 0 Å². The zero-order valence-electron chi connectivity index (χ0n) is 16.0. The first-order valence-corrected chi connectivity index (χ1v) is 10.6. The van der Waals surface area contributed by atoms with Crippen molar-refractivity contribution in [3.8, 4) is 0 Å². The quantitative estimate of drug-likeness (QED) is 0.321. The van der Waals surface area contributed by atoms with E-state index in [0.29, 0.717) is 15.1 Å². The lowest BCUT2D eigenvalue weighted by molar-refractivity contribution is 1.30. The Morgan fingerprint density at radius 1 is 0.633 bits per heavy atom. The van der Waals surface area contributed by atoms with Crippen LogP contribution in [-0.2, 0) is 0 Å². The normalized spacial score (nSPS) is 11.4. The van der Waals surface area contributed by atoms with Crippen molar-refractivity contribution in [3.63, 3.8) is 0 Å². The van der Waals surface area contributed by atoms with E-state index in [9.17, 15) is 0 Å². The molecule has 3 aromatic carbocycles. The molecule has 0 aliphatic carbocycles. The van der Waals surface area contributed by atoms with E-state index in [2.05, 4.69) is 35.3 Å². The van der Waals surface area contributed by atoms with Gasteiger partial charge in [0.1, 0.15) is 0 Å². The summed E-state index contributed by atoms with van der Waals surface area (Å²) in [5.41, 5.74) is 5.31. The Morgan fingerprint density at radius 3 is 1.60 bits per heavy atom. The monoisotopic (exact) mass is 447 g/mol. The molecule has 0 unspecified atom stereocenters. The third-order valence-corrected chi connectivity index (χ3v) is 5.64. The first kappa shape index (κ1) is 20.7. The summed E-state index contributed by atoms with van der Waals surface area (Å²) in [5, 5.41) is 2.11. The van der Waals surface area contributed by atoms with Crippen molar-refractivity contribution in [2.75, 3.05) is 0 Å². The van der Waals surface area contributed by atoms with Crippen LogP contribution in [0.4, 0.5) is 0 Å². The number of benzene rings is 3. The van der Waals surface area contributed by atoms with Gasteiger partial charge in [-0.2, -0.15) is 0 Å². The van der Waals surface area contributed by atoms with Crippen molar-refractivity contribution in [1.29, 1.82) is 0 Å². The summed E-state index contributed by atoms with van der Waals surface area (Å²) < 4.78 is 0. The van der Waals surface area contributed by atoms with E-state index in [1.807, 2.05) is 66.7 Å². The standard InChI is InChI=1S/C25H17BCl3N/c27-21-10-4-18(5-11-21)25(17-24-3-1-2-16-30-24)26(19-6-12-22(28)13-7-19)20-8-14-23(29)15-9-20/h1-17H. The van der Waals surface area contributed by atoms with E-state index in [1.165, 1.54) is 0 Å². The molecule has 0 aliphatic rings. The van der Waals surface area contributed by atoms with Gasteiger partial charge in [-0.05, 0) is 60.2 Å². The van der Waals surface area contributed by atoms with E-state index in [0.717, 1.165) is 27.7 Å². The van der Waals surface area contributed by atoms with Crippen LogP contribution in [0.2, 0.25) is 15.1 Å². The lowest BCUT2D eigenvalue weighted by Gasteiger charge is -2.20. The minimum atomic E-state index is -0.0392. The van der Waals surface area contributed by atoms with Gasteiger partial charge in [-0.1, -0.05) is 93.7 Å². The molecule has 0 fully saturated rings. The van der Waals surface area contributed by atoms with Crippen LogP contribution in [-0.4, -0.2) is 11.7 Å². The summed E-state index contributed by atoms with van der Waals surface area (Å²) in [6.07, 6.45) is 3.92. The van der Waals surface area contributed by atoms with Crippen LogP contribution in [0.1, 0.15) is 11.3 Å². The Bertz CT molecular complexity index is 1090. The van der Waals surface area contributed by atoms with Crippen molar-refractivity contribution in [2.24, 2.45) is 0 Å². The van der Waals surface area contributed by atoms with Gasteiger partial charge in [0.2, 0.25) is 6.71 Å². The van der Waals surface area contributed by atoms with Gasteiger partial charge in [-0.15, -0.1) is 0 Å². The summed E-state index contributed by atoms with van der Waals surface area (Å²) in [5.74, 6) is 0. The fourth-order valence-corrected chi connectivity index (χ4v) is 3.84. The second kappa shape index (κ2) is 9.53. The van der Waals surface area contributed by atoms with E-state index in [1.54, 1.807) is 6.20 Å². The number of hydrogen-bond donors (Lipinski definition) is 0. The second-order valence-corrected chi connectivity index (χ2v) is 8.21. The molecule has 0 saturated heterocycles. The first-order chi connectivity index (χ1) is 14.6. The summed E-state index contributed by atoms with van der Waals surface area (Å²) in [7, 11) is 0. The molecule has 1 heterocycles. The smallest absolute Gasteiger partial charge is 0.242 e. The summed E-state index contributed by atoms with van der Waals surface area (Å²) in [6, 6.07) is 29.7.